The number of aryl methyl sites for hydroxylation is 1. The highest BCUT2D eigenvalue weighted by Crippen LogP contribution is 2.38. The molecule has 1 N–H and O–H groups in total. The number of carbonyl (C=O) groups excluding carboxylic acids is 1. The van der Waals surface area contributed by atoms with Crippen molar-refractivity contribution in [1.29, 1.82) is 0 Å². The van der Waals surface area contributed by atoms with Gasteiger partial charge in [-0.25, -0.2) is 0 Å². The predicted molar refractivity (Wildman–Crippen MR) is 122 cm³/mol. The molecule has 1 unspecified atom stereocenters. The van der Waals surface area contributed by atoms with E-state index in [4.69, 9.17) is 9.47 Å². The number of amides is 1. The molecule has 1 amide bonds. The van der Waals surface area contributed by atoms with Gasteiger partial charge in [0.1, 0.15) is 18.2 Å². The molecule has 1 aromatic heterocycles. The van der Waals surface area contributed by atoms with Crippen molar-refractivity contribution in [3.63, 3.8) is 0 Å². The Morgan fingerprint density at radius 2 is 1.94 bits per heavy atom. The summed E-state index contributed by atoms with van der Waals surface area (Å²) in [7, 11) is 0. The molecule has 0 aliphatic carbocycles. The van der Waals surface area contributed by atoms with Gasteiger partial charge in [-0.3, -0.25) is 9.69 Å². The molecule has 3 heterocycles. The molecule has 3 aromatic rings. The standard InChI is InChI=1S/C24H26N4O3S/c1-16-4-6-17(7-5-16)14-25-23(29)24-27-26-22(32-24)15-28-10-2-3-19(28)18-8-9-20-21(13-18)31-12-11-30-20/h4-9,13,19H,2-3,10-12,14-15H2,1H3,(H,25,29). The van der Waals surface area contributed by atoms with Gasteiger partial charge in [0.15, 0.2) is 11.5 Å². The molecular weight excluding hydrogens is 424 g/mol. The van der Waals surface area contributed by atoms with Crippen molar-refractivity contribution in [1.82, 2.24) is 20.4 Å². The summed E-state index contributed by atoms with van der Waals surface area (Å²) < 4.78 is 11.4. The van der Waals surface area contributed by atoms with E-state index in [2.05, 4.69) is 32.5 Å². The van der Waals surface area contributed by atoms with Crippen LogP contribution in [0.1, 0.15) is 50.4 Å². The number of nitrogens with zero attached hydrogens (tertiary/aromatic N) is 3. The van der Waals surface area contributed by atoms with Gasteiger partial charge in [-0.2, -0.15) is 0 Å². The van der Waals surface area contributed by atoms with Gasteiger partial charge < -0.3 is 14.8 Å². The number of hydrogen-bond donors (Lipinski definition) is 1. The number of rotatable bonds is 6. The maximum Gasteiger partial charge on any atom is 0.282 e. The molecule has 1 atom stereocenters. The van der Waals surface area contributed by atoms with Crippen molar-refractivity contribution < 1.29 is 14.3 Å². The van der Waals surface area contributed by atoms with E-state index in [-0.39, 0.29) is 5.91 Å². The number of fused-ring (bicyclic) bond motifs is 1. The molecule has 0 spiro atoms. The molecule has 0 saturated carbocycles. The number of likely N-dealkylation sites (tertiary alicyclic amines) is 1. The van der Waals surface area contributed by atoms with Gasteiger partial charge in [0.2, 0.25) is 5.01 Å². The highest BCUT2D eigenvalue weighted by atomic mass is 32.1. The quantitative estimate of drug-likeness (QED) is 0.614. The minimum Gasteiger partial charge on any atom is -0.486 e. The number of ether oxygens (including phenoxy) is 2. The lowest BCUT2D eigenvalue weighted by atomic mass is 10.0. The third-order valence-corrected chi connectivity index (χ3v) is 6.79. The Balaban J connectivity index is 1.21. The largest absolute Gasteiger partial charge is 0.486 e. The number of aromatic nitrogens is 2. The smallest absolute Gasteiger partial charge is 0.282 e. The molecule has 8 heteroatoms. The number of benzene rings is 2. The summed E-state index contributed by atoms with van der Waals surface area (Å²) in [6.07, 6.45) is 2.21. The molecular formula is C24H26N4O3S. The summed E-state index contributed by atoms with van der Waals surface area (Å²) in [6, 6.07) is 14.6. The number of hydrogen-bond acceptors (Lipinski definition) is 7. The van der Waals surface area contributed by atoms with E-state index in [0.29, 0.717) is 37.4 Å². The van der Waals surface area contributed by atoms with Crippen molar-refractivity contribution in [2.24, 2.45) is 0 Å². The van der Waals surface area contributed by atoms with Crippen LogP contribution in [0.4, 0.5) is 0 Å². The molecule has 0 radical (unpaired) electrons. The SMILES string of the molecule is Cc1ccc(CNC(=O)c2nnc(CN3CCCC3c3ccc4c(c3)OCCO4)s2)cc1. The summed E-state index contributed by atoms with van der Waals surface area (Å²) in [5.74, 6) is 1.46. The first kappa shape index (κ1) is 20.9. The Hall–Kier alpha value is -2.97. The Labute approximate surface area is 191 Å². The maximum absolute atomic E-state index is 12.5. The van der Waals surface area contributed by atoms with Gasteiger partial charge in [0.05, 0.1) is 6.54 Å². The minimum atomic E-state index is -0.181. The van der Waals surface area contributed by atoms with E-state index in [0.717, 1.165) is 41.5 Å². The minimum absolute atomic E-state index is 0.181. The third-order valence-electron chi connectivity index (χ3n) is 5.89. The normalized spacial score (nSPS) is 18.0. The van der Waals surface area contributed by atoms with Crippen molar-refractivity contribution >= 4 is 17.2 Å². The second-order valence-electron chi connectivity index (χ2n) is 8.20. The van der Waals surface area contributed by atoms with Crippen LogP contribution in [0.25, 0.3) is 0 Å². The Morgan fingerprint density at radius 3 is 2.78 bits per heavy atom. The van der Waals surface area contributed by atoms with Gasteiger partial charge in [0, 0.05) is 12.6 Å². The van der Waals surface area contributed by atoms with E-state index >= 15 is 0 Å². The van der Waals surface area contributed by atoms with Crippen molar-refractivity contribution in [3.8, 4) is 11.5 Å². The Kier molecular flexibility index (Phi) is 6.05. The van der Waals surface area contributed by atoms with Crippen LogP contribution in [0.2, 0.25) is 0 Å². The topological polar surface area (TPSA) is 76.6 Å². The molecule has 166 valence electrons. The highest BCUT2D eigenvalue weighted by Gasteiger charge is 2.28. The van der Waals surface area contributed by atoms with Crippen LogP contribution in [0.5, 0.6) is 11.5 Å². The summed E-state index contributed by atoms with van der Waals surface area (Å²) in [5.41, 5.74) is 3.49. The van der Waals surface area contributed by atoms with Crippen LogP contribution >= 0.6 is 11.3 Å². The predicted octanol–water partition coefficient (Wildman–Crippen LogP) is 3.88. The third kappa shape index (κ3) is 4.61. The van der Waals surface area contributed by atoms with E-state index in [1.807, 2.05) is 37.3 Å². The molecule has 2 aliphatic rings. The molecule has 1 fully saturated rings. The first-order valence-corrected chi connectivity index (χ1v) is 11.8. The zero-order valence-corrected chi connectivity index (χ0v) is 18.9. The van der Waals surface area contributed by atoms with Crippen molar-refractivity contribution in [2.75, 3.05) is 19.8 Å². The lowest BCUT2D eigenvalue weighted by molar-refractivity contribution is 0.0950. The van der Waals surface area contributed by atoms with E-state index in [9.17, 15) is 4.79 Å². The van der Waals surface area contributed by atoms with E-state index in [1.165, 1.54) is 22.5 Å². The molecule has 2 aromatic carbocycles. The summed E-state index contributed by atoms with van der Waals surface area (Å²) in [4.78, 5) is 14.9. The van der Waals surface area contributed by atoms with Crippen LogP contribution in [-0.2, 0) is 13.1 Å². The van der Waals surface area contributed by atoms with Gasteiger partial charge in [-0.05, 0) is 49.6 Å². The fourth-order valence-corrected chi connectivity index (χ4v) is 4.99. The van der Waals surface area contributed by atoms with Crippen molar-refractivity contribution in [3.05, 3.63) is 69.2 Å². The molecule has 5 rings (SSSR count). The lowest BCUT2D eigenvalue weighted by Crippen LogP contribution is -2.23. The van der Waals surface area contributed by atoms with Gasteiger partial charge >= 0.3 is 0 Å². The second kappa shape index (κ2) is 9.26. The number of carbonyl (C=O) groups is 1. The highest BCUT2D eigenvalue weighted by molar-refractivity contribution is 7.13. The molecule has 2 aliphatic heterocycles. The van der Waals surface area contributed by atoms with Gasteiger partial charge in [0.25, 0.3) is 5.91 Å². The first-order chi connectivity index (χ1) is 15.7. The second-order valence-corrected chi connectivity index (χ2v) is 9.26. The van der Waals surface area contributed by atoms with Crippen LogP contribution < -0.4 is 14.8 Å². The molecule has 1 saturated heterocycles. The van der Waals surface area contributed by atoms with Gasteiger partial charge in [-0.15, -0.1) is 10.2 Å². The van der Waals surface area contributed by atoms with Gasteiger partial charge in [-0.1, -0.05) is 47.2 Å². The molecule has 7 nitrogen and oxygen atoms in total. The molecule has 32 heavy (non-hydrogen) atoms. The lowest BCUT2D eigenvalue weighted by Gasteiger charge is -2.25. The zero-order valence-electron chi connectivity index (χ0n) is 18.0. The monoisotopic (exact) mass is 450 g/mol. The Bertz CT molecular complexity index is 1100. The van der Waals surface area contributed by atoms with Crippen LogP contribution in [-0.4, -0.2) is 40.8 Å². The zero-order chi connectivity index (χ0) is 21.9. The molecule has 0 bridgehead atoms. The average Bonchev–Trinajstić information content (AvgIpc) is 3.48. The van der Waals surface area contributed by atoms with Crippen LogP contribution in [0.3, 0.4) is 0 Å². The van der Waals surface area contributed by atoms with E-state index in [1.54, 1.807) is 0 Å². The van der Waals surface area contributed by atoms with Crippen molar-refractivity contribution in [2.45, 2.75) is 38.9 Å². The fourth-order valence-electron chi connectivity index (χ4n) is 4.21. The Morgan fingerprint density at radius 1 is 1.12 bits per heavy atom. The number of nitrogens with one attached hydrogen (secondary N) is 1. The summed E-state index contributed by atoms with van der Waals surface area (Å²) in [6.45, 7) is 5.39. The summed E-state index contributed by atoms with van der Waals surface area (Å²) >= 11 is 1.36. The maximum atomic E-state index is 12.5. The average molecular weight is 451 g/mol. The van der Waals surface area contributed by atoms with Crippen LogP contribution in [0.15, 0.2) is 42.5 Å². The van der Waals surface area contributed by atoms with Crippen LogP contribution in [0, 0.1) is 6.92 Å². The fraction of sp³-hybridized carbons (Fsp3) is 0.375. The van der Waals surface area contributed by atoms with E-state index < -0.39 is 0 Å². The first-order valence-electron chi connectivity index (χ1n) is 11.0. The summed E-state index contributed by atoms with van der Waals surface area (Å²) in [5, 5.41) is 12.6.